The van der Waals surface area contributed by atoms with Crippen LogP contribution in [0.4, 0.5) is 0 Å². The zero-order valence-corrected chi connectivity index (χ0v) is 14.8. The van der Waals surface area contributed by atoms with E-state index >= 15 is 0 Å². The molecule has 1 saturated heterocycles. The van der Waals surface area contributed by atoms with Gasteiger partial charge in [0.2, 0.25) is 17.7 Å². The zero-order valence-electron chi connectivity index (χ0n) is 14.8. The molecule has 12 nitrogen and oxygen atoms in total. The average molecular weight is 388 g/mol. The molecule has 0 aliphatic carbocycles. The molecule has 152 valence electrons. The molecule has 4 unspecified atom stereocenters. The summed E-state index contributed by atoms with van der Waals surface area (Å²) in [5.74, 6) is -5.05. The summed E-state index contributed by atoms with van der Waals surface area (Å²) in [4.78, 5) is 59.7. The molecule has 1 rings (SSSR count). The highest BCUT2D eigenvalue weighted by Gasteiger charge is 2.39. The first-order valence-corrected chi connectivity index (χ1v) is 8.31. The Bertz CT molecular complexity index is 609. The number of aliphatic hydroxyl groups is 1. The number of hydrogen-bond donors (Lipinski definition) is 6. The molecule has 0 aromatic carbocycles. The van der Waals surface area contributed by atoms with Gasteiger partial charge in [-0.2, -0.15) is 0 Å². The molecule has 12 heteroatoms. The third kappa shape index (κ3) is 6.18. The molecule has 0 aromatic heterocycles. The Labute approximate surface area is 154 Å². The van der Waals surface area contributed by atoms with E-state index in [0.29, 0.717) is 6.42 Å². The summed E-state index contributed by atoms with van der Waals surface area (Å²) in [6, 6.07) is -4.00. The van der Waals surface area contributed by atoms with Crippen LogP contribution < -0.4 is 16.4 Å². The lowest BCUT2D eigenvalue weighted by Crippen LogP contribution is -2.57. The highest BCUT2D eigenvalue weighted by Crippen LogP contribution is 2.19. The van der Waals surface area contributed by atoms with Crippen LogP contribution in [0.3, 0.4) is 0 Å². The van der Waals surface area contributed by atoms with E-state index in [1.807, 2.05) is 0 Å². The number of nitrogens with two attached hydrogens (primary N) is 1. The van der Waals surface area contributed by atoms with E-state index in [0.717, 1.165) is 4.90 Å². The summed E-state index contributed by atoms with van der Waals surface area (Å²) in [6.07, 6.45) is -1.39. The van der Waals surface area contributed by atoms with Gasteiger partial charge < -0.3 is 36.6 Å². The number of likely N-dealkylation sites (tertiary alicyclic amines) is 1. The van der Waals surface area contributed by atoms with Gasteiger partial charge >= 0.3 is 11.9 Å². The number of nitrogens with zero attached hydrogens (tertiary/aromatic N) is 1. The second-order valence-corrected chi connectivity index (χ2v) is 6.18. The van der Waals surface area contributed by atoms with Crippen LogP contribution >= 0.6 is 0 Å². The predicted octanol–water partition coefficient (Wildman–Crippen LogP) is -3.15. The van der Waals surface area contributed by atoms with Crippen LogP contribution in [0.1, 0.15) is 26.2 Å². The summed E-state index contributed by atoms with van der Waals surface area (Å²) in [6.45, 7) is 0.891. The summed E-state index contributed by atoms with van der Waals surface area (Å²) in [7, 11) is 0. The van der Waals surface area contributed by atoms with Gasteiger partial charge in [-0.15, -0.1) is 0 Å². The normalized spacial score (nSPS) is 19.7. The minimum absolute atomic E-state index is 0.137. The SMILES string of the molecule is CC(O)C(NC(=O)C1CCCN1C(=O)C(CC(=O)O)NC(=O)CN)C(=O)O. The van der Waals surface area contributed by atoms with Crippen molar-refractivity contribution >= 4 is 29.7 Å². The van der Waals surface area contributed by atoms with Crippen LogP contribution in [-0.4, -0.2) is 87.2 Å². The molecule has 7 N–H and O–H groups in total. The van der Waals surface area contributed by atoms with E-state index in [4.69, 9.17) is 15.9 Å². The average Bonchev–Trinajstić information content (AvgIpc) is 3.06. The number of carbonyl (C=O) groups is 5. The van der Waals surface area contributed by atoms with Gasteiger partial charge in [0, 0.05) is 6.54 Å². The summed E-state index contributed by atoms with van der Waals surface area (Å²) >= 11 is 0. The lowest BCUT2D eigenvalue weighted by molar-refractivity contribution is -0.148. The molecule has 1 heterocycles. The van der Waals surface area contributed by atoms with E-state index in [1.54, 1.807) is 0 Å². The maximum atomic E-state index is 12.7. The van der Waals surface area contributed by atoms with Crippen LogP contribution in [0.25, 0.3) is 0 Å². The van der Waals surface area contributed by atoms with Crippen molar-refractivity contribution < 1.29 is 39.3 Å². The topological polar surface area (TPSA) is 199 Å². The highest BCUT2D eigenvalue weighted by molar-refractivity contribution is 5.95. The van der Waals surface area contributed by atoms with Gasteiger partial charge in [0.05, 0.1) is 19.1 Å². The lowest BCUT2D eigenvalue weighted by Gasteiger charge is -2.29. The van der Waals surface area contributed by atoms with E-state index in [9.17, 15) is 29.1 Å². The van der Waals surface area contributed by atoms with E-state index < -0.39 is 66.9 Å². The van der Waals surface area contributed by atoms with Crippen molar-refractivity contribution in [1.82, 2.24) is 15.5 Å². The number of carboxylic acid groups (broad SMARTS) is 2. The molecule has 0 aromatic rings. The van der Waals surface area contributed by atoms with Crippen LogP contribution in [0.15, 0.2) is 0 Å². The second kappa shape index (κ2) is 9.83. The molecule has 1 aliphatic rings. The number of aliphatic carboxylic acids is 2. The molecule has 27 heavy (non-hydrogen) atoms. The standard InChI is InChI=1S/C15H24N4O8/c1-7(20)12(15(26)27)18-13(24)9-3-2-4-19(9)14(25)8(5-11(22)23)17-10(21)6-16/h7-9,12,20H,2-6,16H2,1H3,(H,17,21)(H,18,24)(H,22,23)(H,26,27). The lowest BCUT2D eigenvalue weighted by atomic mass is 10.1. The summed E-state index contributed by atoms with van der Waals surface area (Å²) < 4.78 is 0. The fourth-order valence-corrected chi connectivity index (χ4v) is 2.77. The van der Waals surface area contributed by atoms with Gasteiger partial charge in [-0.05, 0) is 19.8 Å². The molecule has 0 radical (unpaired) electrons. The predicted molar refractivity (Wildman–Crippen MR) is 89.2 cm³/mol. The maximum absolute atomic E-state index is 12.7. The van der Waals surface area contributed by atoms with E-state index in [1.165, 1.54) is 6.92 Å². The number of amides is 3. The number of carbonyl (C=O) groups excluding carboxylic acids is 3. The van der Waals surface area contributed by atoms with Crippen molar-refractivity contribution in [3.8, 4) is 0 Å². The molecule has 4 atom stereocenters. The van der Waals surface area contributed by atoms with Crippen molar-refractivity contribution in [3.63, 3.8) is 0 Å². The number of rotatable bonds is 9. The summed E-state index contributed by atoms with van der Waals surface area (Å²) in [5, 5.41) is 31.8. The third-order valence-electron chi connectivity index (χ3n) is 4.08. The molecule has 3 amide bonds. The monoisotopic (exact) mass is 388 g/mol. The first-order chi connectivity index (χ1) is 12.6. The van der Waals surface area contributed by atoms with E-state index in [-0.39, 0.29) is 13.0 Å². The van der Waals surface area contributed by atoms with Gasteiger partial charge in [-0.25, -0.2) is 4.79 Å². The van der Waals surface area contributed by atoms with Crippen molar-refractivity contribution in [3.05, 3.63) is 0 Å². The largest absolute Gasteiger partial charge is 0.481 e. The Morgan fingerprint density at radius 1 is 1.19 bits per heavy atom. The number of hydrogen-bond acceptors (Lipinski definition) is 7. The molecule has 0 spiro atoms. The zero-order chi connectivity index (χ0) is 20.7. The van der Waals surface area contributed by atoms with Crippen molar-refractivity contribution in [2.45, 2.75) is 50.4 Å². The molecule has 1 fully saturated rings. The number of aliphatic hydroxyl groups excluding tert-OH is 1. The van der Waals surface area contributed by atoms with Gasteiger partial charge in [-0.3, -0.25) is 19.2 Å². The van der Waals surface area contributed by atoms with Crippen molar-refractivity contribution in [1.29, 1.82) is 0 Å². The Kier molecular flexibility index (Phi) is 8.12. The molecule has 0 bridgehead atoms. The fourth-order valence-electron chi connectivity index (χ4n) is 2.77. The fraction of sp³-hybridized carbons (Fsp3) is 0.667. The first-order valence-electron chi connectivity index (χ1n) is 8.31. The van der Waals surface area contributed by atoms with Gasteiger partial charge in [0.25, 0.3) is 0 Å². The van der Waals surface area contributed by atoms with Crippen LogP contribution in [0.2, 0.25) is 0 Å². The van der Waals surface area contributed by atoms with Gasteiger partial charge in [0.1, 0.15) is 12.1 Å². The van der Waals surface area contributed by atoms with E-state index in [2.05, 4.69) is 10.6 Å². The highest BCUT2D eigenvalue weighted by atomic mass is 16.4. The Morgan fingerprint density at radius 3 is 2.30 bits per heavy atom. The van der Waals surface area contributed by atoms with Crippen LogP contribution in [0, 0.1) is 0 Å². The second-order valence-electron chi connectivity index (χ2n) is 6.18. The minimum atomic E-state index is -1.55. The Hall–Kier alpha value is -2.73. The summed E-state index contributed by atoms with van der Waals surface area (Å²) in [5.41, 5.74) is 5.16. The maximum Gasteiger partial charge on any atom is 0.328 e. The van der Waals surface area contributed by atoms with Gasteiger partial charge in [0.15, 0.2) is 6.04 Å². The van der Waals surface area contributed by atoms with Crippen molar-refractivity contribution in [2.24, 2.45) is 5.73 Å². The first kappa shape index (κ1) is 22.3. The van der Waals surface area contributed by atoms with Crippen molar-refractivity contribution in [2.75, 3.05) is 13.1 Å². The third-order valence-corrected chi connectivity index (χ3v) is 4.08. The smallest absolute Gasteiger partial charge is 0.328 e. The van der Waals surface area contributed by atoms with Gasteiger partial charge in [-0.1, -0.05) is 0 Å². The molecule has 1 aliphatic heterocycles. The van der Waals surface area contributed by atoms with Crippen LogP contribution in [0.5, 0.6) is 0 Å². The quantitative estimate of drug-likeness (QED) is 0.236. The Morgan fingerprint density at radius 2 is 1.81 bits per heavy atom. The number of nitrogens with one attached hydrogen (secondary N) is 2. The molecular weight excluding hydrogens is 364 g/mol. The minimum Gasteiger partial charge on any atom is -0.481 e. The number of carboxylic acids is 2. The molecular formula is C15H24N4O8. The van der Waals surface area contributed by atoms with Crippen LogP contribution in [-0.2, 0) is 24.0 Å². The molecule has 0 saturated carbocycles. The Balaban J connectivity index is 2.93.